The van der Waals surface area contributed by atoms with Crippen molar-refractivity contribution in [1.29, 1.82) is 0 Å². The minimum atomic E-state index is 0.0420. The molecule has 0 aromatic carbocycles. The molecule has 14 heavy (non-hydrogen) atoms. The van der Waals surface area contributed by atoms with Crippen molar-refractivity contribution in [1.82, 2.24) is 10.6 Å². The first-order valence-electron chi connectivity index (χ1n) is 5.12. The molecule has 0 heterocycles. The van der Waals surface area contributed by atoms with Crippen molar-refractivity contribution in [3.8, 4) is 0 Å². The monoisotopic (exact) mass is 200 g/mol. The van der Waals surface area contributed by atoms with Crippen LogP contribution in [0.15, 0.2) is 0 Å². The average Bonchev–Trinajstić information content (AvgIpc) is 1.99. The Morgan fingerprint density at radius 1 is 1.21 bits per heavy atom. The van der Waals surface area contributed by atoms with E-state index in [4.69, 9.17) is 0 Å². The van der Waals surface area contributed by atoms with Crippen LogP contribution in [0.25, 0.3) is 0 Å². The van der Waals surface area contributed by atoms with Crippen molar-refractivity contribution in [2.24, 2.45) is 5.41 Å². The predicted molar refractivity (Wildman–Crippen MR) is 60.2 cm³/mol. The molecule has 0 saturated carbocycles. The van der Waals surface area contributed by atoms with Gasteiger partial charge in [0.15, 0.2) is 0 Å². The molecule has 0 aliphatic rings. The molecule has 0 atom stereocenters. The molecule has 0 radical (unpaired) electrons. The Balaban J connectivity index is 4.12. The Labute approximate surface area is 87.6 Å². The molecule has 3 heteroatoms. The molecular weight excluding hydrogens is 176 g/mol. The van der Waals surface area contributed by atoms with Crippen LogP contribution in [0.1, 0.15) is 41.0 Å². The van der Waals surface area contributed by atoms with Crippen LogP contribution in [0.3, 0.4) is 0 Å². The molecule has 0 aromatic rings. The Morgan fingerprint density at radius 2 is 1.71 bits per heavy atom. The zero-order chi connectivity index (χ0) is 11.4. The maximum absolute atomic E-state index is 10.8. The van der Waals surface area contributed by atoms with E-state index in [9.17, 15) is 4.79 Å². The summed E-state index contributed by atoms with van der Waals surface area (Å²) in [5, 5.41) is 6.14. The molecule has 2 N–H and O–H groups in total. The number of nitrogens with one attached hydrogen (secondary N) is 2. The van der Waals surface area contributed by atoms with Crippen molar-refractivity contribution in [3.05, 3.63) is 0 Å². The first kappa shape index (κ1) is 13.4. The van der Waals surface area contributed by atoms with E-state index in [0.717, 1.165) is 13.0 Å². The summed E-state index contributed by atoms with van der Waals surface area (Å²) in [6, 6.07) is 0. The van der Waals surface area contributed by atoms with E-state index in [0.29, 0.717) is 0 Å². The lowest BCUT2D eigenvalue weighted by atomic mass is 9.80. The molecule has 0 bridgehead atoms. The SMILES string of the molecule is CNC(C)(C)CC(C)(C)CNC(C)=O. The van der Waals surface area contributed by atoms with E-state index in [1.54, 1.807) is 6.92 Å². The molecular formula is C11H24N2O. The highest BCUT2D eigenvalue weighted by molar-refractivity contribution is 5.72. The van der Waals surface area contributed by atoms with Crippen LogP contribution in [-0.4, -0.2) is 25.0 Å². The van der Waals surface area contributed by atoms with Gasteiger partial charge in [0, 0.05) is 19.0 Å². The summed E-state index contributed by atoms with van der Waals surface area (Å²) in [6.07, 6.45) is 1.02. The van der Waals surface area contributed by atoms with Crippen LogP contribution >= 0.6 is 0 Å². The summed E-state index contributed by atoms with van der Waals surface area (Å²) in [5.74, 6) is 0.0420. The van der Waals surface area contributed by atoms with Crippen LogP contribution < -0.4 is 10.6 Å². The minimum Gasteiger partial charge on any atom is -0.356 e. The fourth-order valence-corrected chi connectivity index (χ4v) is 1.71. The van der Waals surface area contributed by atoms with E-state index < -0.39 is 0 Å². The summed E-state index contributed by atoms with van der Waals surface area (Å²) < 4.78 is 0. The Morgan fingerprint density at radius 3 is 2.07 bits per heavy atom. The lowest BCUT2D eigenvalue weighted by Crippen LogP contribution is -2.44. The topological polar surface area (TPSA) is 41.1 Å². The van der Waals surface area contributed by atoms with Crippen LogP contribution in [0.4, 0.5) is 0 Å². The van der Waals surface area contributed by atoms with Gasteiger partial charge in [0.25, 0.3) is 0 Å². The predicted octanol–water partition coefficient (Wildman–Crippen LogP) is 1.54. The van der Waals surface area contributed by atoms with Gasteiger partial charge in [-0.15, -0.1) is 0 Å². The smallest absolute Gasteiger partial charge is 0.216 e. The van der Waals surface area contributed by atoms with Gasteiger partial charge in [-0.2, -0.15) is 0 Å². The zero-order valence-electron chi connectivity index (χ0n) is 10.3. The van der Waals surface area contributed by atoms with Crippen LogP contribution in [0, 0.1) is 5.41 Å². The number of carbonyl (C=O) groups is 1. The van der Waals surface area contributed by atoms with Crippen LogP contribution in [-0.2, 0) is 4.79 Å². The van der Waals surface area contributed by atoms with Gasteiger partial charge in [-0.1, -0.05) is 13.8 Å². The van der Waals surface area contributed by atoms with Crippen molar-refractivity contribution in [2.45, 2.75) is 46.6 Å². The second-order valence-corrected chi connectivity index (χ2v) is 5.38. The highest BCUT2D eigenvalue weighted by atomic mass is 16.1. The Bertz CT molecular complexity index is 197. The van der Waals surface area contributed by atoms with Crippen molar-refractivity contribution in [2.75, 3.05) is 13.6 Å². The average molecular weight is 200 g/mol. The highest BCUT2D eigenvalue weighted by Crippen LogP contribution is 2.26. The molecule has 0 aromatic heterocycles. The Kier molecular flexibility index (Phi) is 4.59. The van der Waals surface area contributed by atoms with Crippen LogP contribution in [0.5, 0.6) is 0 Å². The quantitative estimate of drug-likeness (QED) is 0.707. The van der Waals surface area contributed by atoms with Gasteiger partial charge in [0.2, 0.25) is 5.91 Å². The van der Waals surface area contributed by atoms with Crippen LogP contribution in [0.2, 0.25) is 0 Å². The summed E-state index contributed by atoms with van der Waals surface area (Å²) in [7, 11) is 1.97. The lowest BCUT2D eigenvalue weighted by molar-refractivity contribution is -0.119. The molecule has 0 spiro atoms. The molecule has 0 rings (SSSR count). The first-order chi connectivity index (χ1) is 6.18. The number of hydrogen-bond acceptors (Lipinski definition) is 2. The number of hydrogen-bond donors (Lipinski definition) is 2. The normalized spacial score (nSPS) is 12.7. The fraction of sp³-hybridized carbons (Fsp3) is 0.909. The van der Waals surface area contributed by atoms with E-state index >= 15 is 0 Å². The third-order valence-corrected chi connectivity index (χ3v) is 2.41. The zero-order valence-corrected chi connectivity index (χ0v) is 10.3. The van der Waals surface area contributed by atoms with E-state index in [-0.39, 0.29) is 16.9 Å². The fourth-order valence-electron chi connectivity index (χ4n) is 1.71. The van der Waals surface area contributed by atoms with E-state index in [2.05, 4.69) is 38.3 Å². The summed E-state index contributed by atoms with van der Waals surface area (Å²) in [4.78, 5) is 10.8. The van der Waals surface area contributed by atoms with Crippen molar-refractivity contribution in [3.63, 3.8) is 0 Å². The van der Waals surface area contributed by atoms with E-state index in [1.165, 1.54) is 0 Å². The van der Waals surface area contributed by atoms with Crippen molar-refractivity contribution < 1.29 is 4.79 Å². The molecule has 1 amide bonds. The van der Waals surface area contributed by atoms with Gasteiger partial charge in [-0.05, 0) is 32.7 Å². The van der Waals surface area contributed by atoms with E-state index in [1.807, 2.05) is 7.05 Å². The lowest BCUT2D eigenvalue weighted by Gasteiger charge is -2.34. The molecule has 0 aliphatic heterocycles. The molecule has 84 valence electrons. The maximum atomic E-state index is 10.8. The van der Waals surface area contributed by atoms with Gasteiger partial charge >= 0.3 is 0 Å². The summed E-state index contributed by atoms with van der Waals surface area (Å²) >= 11 is 0. The molecule has 0 unspecified atom stereocenters. The second-order valence-electron chi connectivity index (χ2n) is 5.38. The first-order valence-corrected chi connectivity index (χ1v) is 5.12. The number of rotatable bonds is 5. The maximum Gasteiger partial charge on any atom is 0.216 e. The standard InChI is InChI=1S/C11H24N2O/c1-9(14)13-8-10(2,3)7-11(4,5)12-6/h12H,7-8H2,1-6H3,(H,13,14). The summed E-state index contributed by atoms with van der Waals surface area (Å²) in [6.45, 7) is 11.0. The minimum absolute atomic E-state index is 0.0420. The second kappa shape index (κ2) is 4.78. The number of carbonyl (C=O) groups excluding carboxylic acids is 1. The van der Waals surface area contributed by atoms with Gasteiger partial charge < -0.3 is 10.6 Å². The van der Waals surface area contributed by atoms with Gasteiger partial charge in [0.05, 0.1) is 0 Å². The molecule has 0 saturated heterocycles. The number of amides is 1. The molecule has 0 aliphatic carbocycles. The third-order valence-electron chi connectivity index (χ3n) is 2.41. The molecule has 0 fully saturated rings. The Hall–Kier alpha value is -0.570. The largest absolute Gasteiger partial charge is 0.356 e. The highest BCUT2D eigenvalue weighted by Gasteiger charge is 2.27. The summed E-state index contributed by atoms with van der Waals surface area (Å²) in [5.41, 5.74) is 0.236. The van der Waals surface area contributed by atoms with Gasteiger partial charge in [-0.3, -0.25) is 4.79 Å². The van der Waals surface area contributed by atoms with Gasteiger partial charge in [0.1, 0.15) is 0 Å². The van der Waals surface area contributed by atoms with Gasteiger partial charge in [-0.25, -0.2) is 0 Å². The third kappa shape index (κ3) is 5.97. The van der Waals surface area contributed by atoms with Crippen molar-refractivity contribution >= 4 is 5.91 Å². The molecule has 3 nitrogen and oxygen atoms in total.